The number of fused-ring (bicyclic) bond motifs is 1. The molecule has 0 bridgehead atoms. The molecule has 0 aliphatic rings. The Labute approximate surface area is 243 Å². The summed E-state index contributed by atoms with van der Waals surface area (Å²) in [6, 6.07) is 19.0. The molecule has 41 heavy (non-hydrogen) atoms. The van der Waals surface area contributed by atoms with Crippen molar-refractivity contribution in [3.05, 3.63) is 77.9 Å². The number of nitrogens with one attached hydrogen (secondary N) is 2. The summed E-state index contributed by atoms with van der Waals surface area (Å²) in [5.41, 5.74) is 1.53. The van der Waals surface area contributed by atoms with E-state index in [1.165, 1.54) is 4.90 Å². The minimum Gasteiger partial charge on any atom is -0.444 e. The second kappa shape index (κ2) is 14.1. The highest BCUT2D eigenvalue weighted by Crippen LogP contribution is 2.27. The zero-order chi connectivity index (χ0) is 30.2. The Morgan fingerprint density at radius 3 is 2.20 bits per heavy atom. The van der Waals surface area contributed by atoms with Crippen LogP contribution in [0.5, 0.6) is 0 Å². The first kappa shape index (κ1) is 31.6. The Morgan fingerprint density at radius 2 is 1.61 bits per heavy atom. The van der Waals surface area contributed by atoms with Crippen LogP contribution in [-0.4, -0.2) is 52.7 Å². The normalized spacial score (nSPS) is 13.6. The Bertz CT molecular complexity index is 1330. The van der Waals surface area contributed by atoms with Gasteiger partial charge in [0.2, 0.25) is 5.91 Å². The number of hydrogen-bond acceptors (Lipinski definition) is 5. The fourth-order valence-electron chi connectivity index (χ4n) is 4.66. The molecule has 3 N–H and O–H groups in total. The zero-order valence-electron chi connectivity index (χ0n) is 24.9. The second-order valence-electron chi connectivity index (χ2n) is 11.3. The van der Waals surface area contributed by atoms with Gasteiger partial charge < -0.3 is 25.4 Å². The maximum atomic E-state index is 14.2. The summed E-state index contributed by atoms with van der Waals surface area (Å²) in [7, 11) is 0. The van der Waals surface area contributed by atoms with Crippen LogP contribution < -0.4 is 10.6 Å². The van der Waals surface area contributed by atoms with Gasteiger partial charge in [0.1, 0.15) is 17.7 Å². The molecule has 3 aromatic carbocycles. The van der Waals surface area contributed by atoms with E-state index in [1.807, 2.05) is 87.5 Å². The van der Waals surface area contributed by atoms with Gasteiger partial charge in [0.05, 0.1) is 6.61 Å². The van der Waals surface area contributed by atoms with Crippen LogP contribution in [0.15, 0.2) is 66.7 Å². The lowest BCUT2D eigenvalue weighted by Crippen LogP contribution is -2.55. The van der Waals surface area contributed by atoms with E-state index in [9.17, 15) is 19.5 Å². The number of aryl methyl sites for hydroxylation is 1. The van der Waals surface area contributed by atoms with Crippen LogP contribution in [0.2, 0.25) is 0 Å². The molecule has 0 heterocycles. The molecule has 3 aromatic rings. The van der Waals surface area contributed by atoms with E-state index in [0.717, 1.165) is 22.8 Å². The number of carbonyl (C=O) groups is 3. The van der Waals surface area contributed by atoms with E-state index in [4.69, 9.17) is 4.74 Å². The molecule has 3 atom stereocenters. The summed E-state index contributed by atoms with van der Waals surface area (Å²) in [6.45, 7) is 10.6. The van der Waals surface area contributed by atoms with Crippen LogP contribution in [0.25, 0.3) is 10.8 Å². The summed E-state index contributed by atoms with van der Waals surface area (Å²) in [5.74, 6) is -1.16. The monoisotopic (exact) mass is 561 g/mol. The van der Waals surface area contributed by atoms with E-state index in [2.05, 4.69) is 10.6 Å². The molecular formula is C33H43N3O5. The number of alkyl carbamates (subject to hydrolysis) is 1. The van der Waals surface area contributed by atoms with E-state index in [1.54, 1.807) is 20.8 Å². The molecule has 0 fully saturated rings. The number of ether oxygens (including phenoxy) is 1. The molecule has 3 unspecified atom stereocenters. The molecule has 0 aliphatic carbocycles. The van der Waals surface area contributed by atoms with Gasteiger partial charge in [-0.2, -0.15) is 0 Å². The molecule has 220 valence electrons. The second-order valence-corrected chi connectivity index (χ2v) is 11.3. The molecule has 0 saturated heterocycles. The van der Waals surface area contributed by atoms with Crippen LogP contribution in [0.4, 0.5) is 10.5 Å². The SMILES string of the molecule is CCc1ccc(C(C(=O)Nc2ccc3ccccc3c2)N(CCO)C(=O)C(NC(=O)OC(C)(C)C)C(C)CC)cc1. The van der Waals surface area contributed by atoms with Crippen molar-refractivity contribution in [2.45, 2.75) is 72.1 Å². The highest BCUT2D eigenvalue weighted by molar-refractivity contribution is 6.00. The van der Waals surface area contributed by atoms with E-state index in [-0.39, 0.29) is 19.1 Å². The van der Waals surface area contributed by atoms with Crippen molar-refractivity contribution in [3.63, 3.8) is 0 Å². The number of nitrogens with zero attached hydrogens (tertiary/aromatic N) is 1. The minimum absolute atomic E-state index is 0.104. The van der Waals surface area contributed by atoms with Crippen LogP contribution in [0.1, 0.15) is 65.1 Å². The summed E-state index contributed by atoms with van der Waals surface area (Å²) < 4.78 is 5.44. The summed E-state index contributed by atoms with van der Waals surface area (Å²) in [4.78, 5) is 42.3. The summed E-state index contributed by atoms with van der Waals surface area (Å²) >= 11 is 0. The number of aliphatic hydroxyl groups excluding tert-OH is 1. The zero-order valence-corrected chi connectivity index (χ0v) is 24.9. The molecular weight excluding hydrogens is 518 g/mol. The number of aliphatic hydroxyl groups is 1. The first-order valence-electron chi connectivity index (χ1n) is 14.3. The van der Waals surface area contributed by atoms with Crippen molar-refractivity contribution in [1.82, 2.24) is 10.2 Å². The molecule has 0 aliphatic heterocycles. The van der Waals surface area contributed by atoms with Crippen LogP contribution in [0, 0.1) is 5.92 Å². The predicted molar refractivity (Wildman–Crippen MR) is 163 cm³/mol. The van der Waals surface area contributed by atoms with Crippen molar-refractivity contribution >= 4 is 34.4 Å². The molecule has 0 spiro atoms. The highest BCUT2D eigenvalue weighted by atomic mass is 16.6. The van der Waals surface area contributed by atoms with E-state index in [0.29, 0.717) is 17.7 Å². The first-order valence-corrected chi connectivity index (χ1v) is 14.3. The average molecular weight is 562 g/mol. The maximum Gasteiger partial charge on any atom is 0.408 e. The Morgan fingerprint density at radius 1 is 0.951 bits per heavy atom. The lowest BCUT2D eigenvalue weighted by atomic mass is 9.95. The number of carbonyl (C=O) groups excluding carboxylic acids is 3. The number of amides is 3. The van der Waals surface area contributed by atoms with Gasteiger partial charge >= 0.3 is 6.09 Å². The molecule has 0 radical (unpaired) electrons. The minimum atomic E-state index is -1.06. The average Bonchev–Trinajstić information content (AvgIpc) is 2.94. The van der Waals surface area contributed by atoms with Crippen LogP contribution in [0.3, 0.4) is 0 Å². The van der Waals surface area contributed by atoms with Crippen molar-refractivity contribution in [3.8, 4) is 0 Å². The standard InChI is InChI=1S/C33H43N3O5/c1-7-22(3)28(35-32(40)41-33(4,5)6)31(39)36(19-20-37)29(25-15-13-23(8-2)14-16-25)30(38)34-27-18-17-24-11-9-10-12-26(24)21-27/h9-18,21-22,28-29,37H,7-8,19-20H2,1-6H3,(H,34,38)(H,35,40). The largest absolute Gasteiger partial charge is 0.444 e. The lowest BCUT2D eigenvalue weighted by Gasteiger charge is -2.35. The number of anilines is 1. The molecule has 3 amide bonds. The summed E-state index contributed by atoms with van der Waals surface area (Å²) in [5, 5.41) is 17.8. The predicted octanol–water partition coefficient (Wildman–Crippen LogP) is 5.84. The van der Waals surface area contributed by atoms with Gasteiger partial charge in [0, 0.05) is 12.2 Å². The van der Waals surface area contributed by atoms with Gasteiger partial charge in [-0.1, -0.05) is 81.8 Å². The Hall–Kier alpha value is -3.91. The lowest BCUT2D eigenvalue weighted by molar-refractivity contribution is -0.142. The van der Waals surface area contributed by atoms with E-state index >= 15 is 0 Å². The molecule has 8 nitrogen and oxygen atoms in total. The van der Waals surface area contributed by atoms with Gasteiger partial charge in [-0.3, -0.25) is 9.59 Å². The van der Waals surface area contributed by atoms with Gasteiger partial charge in [0.25, 0.3) is 5.91 Å². The van der Waals surface area contributed by atoms with Crippen molar-refractivity contribution in [1.29, 1.82) is 0 Å². The Kier molecular flexibility index (Phi) is 10.9. The number of hydrogen-bond donors (Lipinski definition) is 3. The fourth-order valence-corrected chi connectivity index (χ4v) is 4.66. The number of rotatable bonds is 11. The van der Waals surface area contributed by atoms with Crippen molar-refractivity contribution in [2.24, 2.45) is 5.92 Å². The molecule has 3 rings (SSSR count). The highest BCUT2D eigenvalue weighted by Gasteiger charge is 2.38. The third-order valence-corrected chi connectivity index (χ3v) is 7.06. The van der Waals surface area contributed by atoms with Crippen molar-refractivity contribution < 1.29 is 24.2 Å². The topological polar surface area (TPSA) is 108 Å². The molecule has 0 saturated carbocycles. The third kappa shape index (κ3) is 8.54. The van der Waals surface area contributed by atoms with Crippen LogP contribution in [-0.2, 0) is 20.7 Å². The Balaban J connectivity index is 2.02. The summed E-state index contributed by atoms with van der Waals surface area (Å²) in [6.07, 6.45) is 0.700. The van der Waals surface area contributed by atoms with Crippen LogP contribution >= 0.6 is 0 Å². The fraction of sp³-hybridized carbons (Fsp3) is 0.424. The van der Waals surface area contributed by atoms with E-state index < -0.39 is 35.6 Å². The number of benzene rings is 3. The van der Waals surface area contributed by atoms with Gasteiger partial charge in [-0.25, -0.2) is 4.79 Å². The first-order chi connectivity index (χ1) is 19.5. The van der Waals surface area contributed by atoms with Gasteiger partial charge in [-0.05, 0) is 67.1 Å². The van der Waals surface area contributed by atoms with Gasteiger partial charge in [-0.15, -0.1) is 0 Å². The smallest absolute Gasteiger partial charge is 0.408 e. The van der Waals surface area contributed by atoms with Gasteiger partial charge in [0.15, 0.2) is 0 Å². The van der Waals surface area contributed by atoms with Crippen molar-refractivity contribution in [2.75, 3.05) is 18.5 Å². The maximum absolute atomic E-state index is 14.2. The third-order valence-electron chi connectivity index (χ3n) is 7.06. The quantitative estimate of drug-likeness (QED) is 0.273. The molecule has 8 heteroatoms. The molecule has 0 aromatic heterocycles.